The molecule has 0 bridgehead atoms. The fourth-order valence-corrected chi connectivity index (χ4v) is 2.04. The van der Waals surface area contributed by atoms with Crippen molar-refractivity contribution in [2.75, 3.05) is 0 Å². The van der Waals surface area contributed by atoms with Crippen LogP contribution in [0.25, 0.3) is 0 Å². The van der Waals surface area contributed by atoms with Gasteiger partial charge in [0.25, 0.3) is 0 Å². The lowest BCUT2D eigenvalue weighted by molar-refractivity contribution is 0.263. The van der Waals surface area contributed by atoms with Gasteiger partial charge < -0.3 is 4.74 Å². The Balaban J connectivity index is 2.21. The summed E-state index contributed by atoms with van der Waals surface area (Å²) in [5.41, 5.74) is 0.946. The molecule has 1 aromatic rings. The van der Waals surface area contributed by atoms with Crippen LogP contribution in [-0.2, 0) is 0 Å². The Labute approximate surface area is 110 Å². The summed E-state index contributed by atoms with van der Waals surface area (Å²) in [5, 5.41) is 0. The van der Waals surface area contributed by atoms with E-state index >= 15 is 0 Å². The number of aryl methyl sites for hydroxylation is 1. The predicted molar refractivity (Wildman–Crippen MR) is 74.8 cm³/mol. The van der Waals surface area contributed by atoms with Crippen molar-refractivity contribution in [3.63, 3.8) is 0 Å². The number of hydrogen-bond acceptors (Lipinski definition) is 1. The number of ether oxygens (including phenoxy) is 1. The minimum atomic E-state index is -0.197. The molecule has 1 rings (SSSR count). The second-order valence-electron chi connectivity index (χ2n) is 4.50. The molecule has 96 valence electrons. The Morgan fingerprint density at radius 3 is 2.53 bits per heavy atom. The Morgan fingerprint density at radius 2 is 1.82 bits per heavy atom. The number of benzene rings is 1. The highest BCUT2D eigenvalue weighted by molar-refractivity contribution is 6.19. The Bertz CT molecular complexity index is 312. The van der Waals surface area contributed by atoms with Crippen LogP contribution in [0.2, 0.25) is 0 Å². The lowest BCUT2D eigenvalue weighted by Gasteiger charge is -2.14. The summed E-state index contributed by atoms with van der Waals surface area (Å²) in [5.74, 6) is 0.904. The molecule has 0 aliphatic heterocycles. The molecule has 1 atom stereocenters. The molecule has 0 heterocycles. The molecule has 0 aliphatic rings. The molecule has 17 heavy (non-hydrogen) atoms. The van der Waals surface area contributed by atoms with Crippen molar-refractivity contribution < 1.29 is 4.74 Å². The van der Waals surface area contributed by atoms with Gasteiger partial charge >= 0.3 is 0 Å². The van der Waals surface area contributed by atoms with E-state index < -0.39 is 0 Å². The molecule has 0 aliphatic carbocycles. The van der Waals surface area contributed by atoms with Gasteiger partial charge in [0.05, 0.1) is 0 Å². The second-order valence-corrected chi connectivity index (χ2v) is 4.98. The summed E-state index contributed by atoms with van der Waals surface area (Å²) in [4.78, 5) is 0. The van der Waals surface area contributed by atoms with Gasteiger partial charge in [-0.25, -0.2) is 0 Å². The van der Waals surface area contributed by atoms with E-state index in [1.54, 1.807) is 0 Å². The van der Waals surface area contributed by atoms with Crippen LogP contribution in [0.1, 0.15) is 51.0 Å². The number of rotatable bonds is 8. The minimum absolute atomic E-state index is 0.197. The van der Waals surface area contributed by atoms with Crippen molar-refractivity contribution in [1.29, 1.82) is 0 Å². The maximum Gasteiger partial charge on any atom is 0.172 e. The van der Waals surface area contributed by atoms with Crippen molar-refractivity contribution in [1.82, 2.24) is 0 Å². The summed E-state index contributed by atoms with van der Waals surface area (Å²) < 4.78 is 5.72. The van der Waals surface area contributed by atoms with Crippen LogP contribution in [0, 0.1) is 6.92 Å². The van der Waals surface area contributed by atoms with Crippen molar-refractivity contribution in [3.8, 4) is 5.75 Å². The van der Waals surface area contributed by atoms with Crippen LogP contribution in [0.5, 0.6) is 5.75 Å². The van der Waals surface area contributed by atoms with E-state index in [0.29, 0.717) is 0 Å². The molecule has 0 spiro atoms. The summed E-state index contributed by atoms with van der Waals surface area (Å²) >= 11 is 6.18. The molecule has 0 aromatic heterocycles. The summed E-state index contributed by atoms with van der Waals surface area (Å²) in [6.45, 7) is 4.27. The average Bonchev–Trinajstić information content (AvgIpc) is 2.32. The first-order valence-electron chi connectivity index (χ1n) is 6.60. The van der Waals surface area contributed by atoms with Gasteiger partial charge in [-0.05, 0) is 31.4 Å². The van der Waals surface area contributed by atoms with E-state index in [2.05, 4.69) is 6.92 Å². The monoisotopic (exact) mass is 254 g/mol. The van der Waals surface area contributed by atoms with E-state index in [1.165, 1.54) is 25.7 Å². The standard InChI is InChI=1S/C15H23ClO/c1-3-4-5-6-7-12-15(16)17-14-11-9-8-10-13(14)2/h8-11,15H,3-7,12H2,1-2H3. The van der Waals surface area contributed by atoms with E-state index in [9.17, 15) is 0 Å². The highest BCUT2D eigenvalue weighted by Crippen LogP contribution is 2.21. The molecule has 0 saturated heterocycles. The highest BCUT2D eigenvalue weighted by Gasteiger charge is 2.07. The summed E-state index contributed by atoms with van der Waals surface area (Å²) in [7, 11) is 0. The molecule has 0 fully saturated rings. The molecule has 1 nitrogen and oxygen atoms in total. The van der Waals surface area contributed by atoms with E-state index in [4.69, 9.17) is 16.3 Å². The Kier molecular flexibility index (Phi) is 7.11. The first-order chi connectivity index (χ1) is 8.24. The van der Waals surface area contributed by atoms with E-state index in [1.807, 2.05) is 31.2 Å². The molecular weight excluding hydrogens is 232 g/mol. The molecule has 0 N–H and O–H groups in total. The molecule has 1 unspecified atom stereocenters. The van der Waals surface area contributed by atoms with Crippen molar-refractivity contribution in [2.45, 2.75) is 57.9 Å². The Morgan fingerprint density at radius 1 is 1.12 bits per heavy atom. The first-order valence-corrected chi connectivity index (χ1v) is 7.04. The van der Waals surface area contributed by atoms with Gasteiger partial charge in [-0.2, -0.15) is 0 Å². The normalized spacial score (nSPS) is 12.4. The largest absolute Gasteiger partial charge is 0.474 e. The van der Waals surface area contributed by atoms with Gasteiger partial charge in [0.2, 0.25) is 0 Å². The smallest absolute Gasteiger partial charge is 0.172 e. The SMILES string of the molecule is CCCCCCCC(Cl)Oc1ccccc1C. The number of halogens is 1. The summed E-state index contributed by atoms with van der Waals surface area (Å²) in [6, 6.07) is 8.01. The second kappa shape index (κ2) is 8.41. The van der Waals surface area contributed by atoms with Gasteiger partial charge in [-0.15, -0.1) is 0 Å². The third kappa shape index (κ3) is 5.97. The van der Waals surface area contributed by atoms with Gasteiger partial charge in [0, 0.05) is 0 Å². The number of para-hydroxylation sites is 1. The first kappa shape index (κ1) is 14.4. The quantitative estimate of drug-likeness (QED) is 0.452. The number of unbranched alkanes of at least 4 members (excludes halogenated alkanes) is 4. The average molecular weight is 255 g/mol. The number of hydrogen-bond donors (Lipinski definition) is 0. The van der Waals surface area contributed by atoms with Crippen LogP contribution in [-0.4, -0.2) is 5.56 Å². The van der Waals surface area contributed by atoms with Crippen LogP contribution in [0.4, 0.5) is 0 Å². The summed E-state index contributed by atoms with van der Waals surface area (Å²) in [6.07, 6.45) is 7.26. The fraction of sp³-hybridized carbons (Fsp3) is 0.600. The van der Waals surface area contributed by atoms with E-state index in [-0.39, 0.29) is 5.56 Å². The van der Waals surface area contributed by atoms with Gasteiger partial charge in [0.15, 0.2) is 5.56 Å². The van der Waals surface area contributed by atoms with Gasteiger partial charge in [0.1, 0.15) is 5.75 Å². The molecule has 0 saturated carbocycles. The lowest BCUT2D eigenvalue weighted by atomic mass is 10.1. The van der Waals surface area contributed by atoms with Gasteiger partial charge in [-0.1, -0.05) is 62.4 Å². The van der Waals surface area contributed by atoms with Crippen LogP contribution in [0.3, 0.4) is 0 Å². The van der Waals surface area contributed by atoms with Crippen LogP contribution < -0.4 is 4.74 Å². The number of alkyl halides is 1. The zero-order valence-corrected chi connectivity index (χ0v) is 11.7. The van der Waals surface area contributed by atoms with Crippen molar-refractivity contribution >= 4 is 11.6 Å². The third-order valence-electron chi connectivity index (χ3n) is 2.88. The van der Waals surface area contributed by atoms with Crippen LogP contribution >= 0.6 is 11.6 Å². The third-order valence-corrected chi connectivity index (χ3v) is 3.19. The van der Waals surface area contributed by atoms with Gasteiger partial charge in [-0.3, -0.25) is 0 Å². The molecule has 0 amide bonds. The zero-order valence-electron chi connectivity index (χ0n) is 10.9. The highest BCUT2D eigenvalue weighted by atomic mass is 35.5. The van der Waals surface area contributed by atoms with Crippen molar-refractivity contribution in [3.05, 3.63) is 29.8 Å². The Hall–Kier alpha value is -0.690. The lowest BCUT2D eigenvalue weighted by Crippen LogP contribution is -2.09. The molecule has 1 aromatic carbocycles. The fourth-order valence-electron chi connectivity index (χ4n) is 1.79. The maximum atomic E-state index is 6.18. The molecule has 2 heteroatoms. The molecular formula is C15H23ClO. The maximum absolute atomic E-state index is 6.18. The predicted octanol–water partition coefficient (Wildman–Crippen LogP) is 5.30. The molecule has 0 radical (unpaired) electrons. The topological polar surface area (TPSA) is 9.23 Å². The van der Waals surface area contributed by atoms with E-state index in [0.717, 1.165) is 24.2 Å². The van der Waals surface area contributed by atoms with Crippen molar-refractivity contribution in [2.24, 2.45) is 0 Å². The van der Waals surface area contributed by atoms with Crippen LogP contribution in [0.15, 0.2) is 24.3 Å². The zero-order chi connectivity index (χ0) is 12.5. The minimum Gasteiger partial charge on any atom is -0.474 e.